The van der Waals surface area contributed by atoms with Crippen molar-refractivity contribution in [2.45, 2.75) is 19.8 Å². The molecule has 1 rings (SSSR count). The topological polar surface area (TPSA) is 57.6 Å². The quantitative estimate of drug-likeness (QED) is 0.490. The van der Waals surface area contributed by atoms with E-state index in [1.807, 2.05) is 6.92 Å². The summed E-state index contributed by atoms with van der Waals surface area (Å²) in [5, 5.41) is 8.50. The fraction of sp³-hybridized carbons (Fsp3) is 0.750. The molecule has 0 bridgehead atoms. The van der Waals surface area contributed by atoms with Crippen molar-refractivity contribution in [2.75, 3.05) is 13.1 Å². The molecule has 1 aliphatic rings. The van der Waals surface area contributed by atoms with E-state index in [1.54, 1.807) is 4.90 Å². The summed E-state index contributed by atoms with van der Waals surface area (Å²) in [6, 6.07) is 0. The van der Waals surface area contributed by atoms with Gasteiger partial charge in [-0.05, 0) is 6.42 Å². The maximum absolute atomic E-state index is 11.1. The van der Waals surface area contributed by atoms with Crippen LogP contribution in [0.15, 0.2) is 0 Å². The predicted molar refractivity (Wildman–Crippen MR) is 42.6 cm³/mol. The minimum atomic E-state index is -0.993. The Hall–Kier alpha value is -1.06. The van der Waals surface area contributed by atoms with E-state index in [4.69, 9.17) is 5.11 Å². The van der Waals surface area contributed by atoms with E-state index in [1.165, 1.54) is 0 Å². The van der Waals surface area contributed by atoms with Crippen LogP contribution in [0, 0.1) is 5.92 Å². The molecule has 0 aromatic heterocycles. The van der Waals surface area contributed by atoms with Crippen LogP contribution in [0.5, 0.6) is 0 Å². The number of carbonyl (C=O) groups is 2. The van der Waals surface area contributed by atoms with Crippen LogP contribution in [0.4, 0.5) is 0 Å². The molecule has 12 heavy (non-hydrogen) atoms. The third-order valence-corrected chi connectivity index (χ3v) is 2.09. The molecule has 0 aliphatic carbocycles. The number of rotatable bonds is 4. The van der Waals surface area contributed by atoms with Gasteiger partial charge in [0, 0.05) is 13.1 Å². The number of likely N-dealkylation sites (tertiary alicyclic amines) is 1. The third-order valence-electron chi connectivity index (χ3n) is 2.09. The molecule has 1 N–H and O–H groups in total. The van der Waals surface area contributed by atoms with E-state index in [-0.39, 0.29) is 5.91 Å². The first kappa shape index (κ1) is 9.03. The van der Waals surface area contributed by atoms with Crippen LogP contribution in [-0.2, 0) is 9.59 Å². The SMILES string of the molecule is CCCCN1CC(C(=O)O)C1=O. The second-order valence-corrected chi connectivity index (χ2v) is 3.03. The number of hydrogen-bond donors (Lipinski definition) is 1. The second kappa shape index (κ2) is 3.56. The molecular formula is C8H13NO3. The first-order valence-electron chi connectivity index (χ1n) is 4.18. The molecule has 1 saturated heterocycles. The molecule has 1 atom stereocenters. The standard InChI is InChI=1S/C8H13NO3/c1-2-3-4-9-5-6(7(9)10)8(11)12/h6H,2-5H2,1H3,(H,11,12). The molecule has 0 saturated carbocycles. The van der Waals surface area contributed by atoms with Crippen LogP contribution >= 0.6 is 0 Å². The minimum Gasteiger partial charge on any atom is -0.481 e. The number of carbonyl (C=O) groups excluding carboxylic acids is 1. The minimum absolute atomic E-state index is 0.226. The van der Waals surface area contributed by atoms with Crippen LogP contribution < -0.4 is 0 Å². The molecule has 4 heteroatoms. The first-order valence-corrected chi connectivity index (χ1v) is 4.18. The molecule has 0 radical (unpaired) electrons. The summed E-state index contributed by atoms with van der Waals surface area (Å²) in [6.45, 7) is 3.15. The lowest BCUT2D eigenvalue weighted by atomic mass is 9.99. The molecule has 1 heterocycles. The molecule has 0 spiro atoms. The van der Waals surface area contributed by atoms with Gasteiger partial charge in [-0.2, -0.15) is 0 Å². The van der Waals surface area contributed by atoms with Gasteiger partial charge in [-0.25, -0.2) is 0 Å². The highest BCUT2D eigenvalue weighted by molar-refractivity contribution is 6.01. The number of hydrogen-bond acceptors (Lipinski definition) is 2. The summed E-state index contributed by atoms with van der Waals surface area (Å²) >= 11 is 0. The Morgan fingerprint density at radius 3 is 2.83 bits per heavy atom. The van der Waals surface area contributed by atoms with Crippen molar-refractivity contribution in [2.24, 2.45) is 5.92 Å². The third kappa shape index (κ3) is 1.57. The van der Waals surface area contributed by atoms with Gasteiger partial charge in [0.1, 0.15) is 0 Å². The van der Waals surface area contributed by atoms with Crippen molar-refractivity contribution in [3.8, 4) is 0 Å². The Labute approximate surface area is 71.2 Å². The van der Waals surface area contributed by atoms with Gasteiger partial charge in [0.05, 0.1) is 0 Å². The van der Waals surface area contributed by atoms with Crippen LogP contribution in [-0.4, -0.2) is 35.0 Å². The fourth-order valence-electron chi connectivity index (χ4n) is 1.23. The van der Waals surface area contributed by atoms with Crippen molar-refractivity contribution >= 4 is 11.9 Å². The van der Waals surface area contributed by atoms with Gasteiger partial charge in [-0.15, -0.1) is 0 Å². The number of carboxylic acid groups (broad SMARTS) is 1. The summed E-state index contributed by atoms with van der Waals surface area (Å²) in [7, 11) is 0. The Balaban J connectivity index is 2.29. The zero-order valence-corrected chi connectivity index (χ0v) is 7.12. The average molecular weight is 171 g/mol. The Bertz CT molecular complexity index is 202. The molecule has 1 fully saturated rings. The monoisotopic (exact) mass is 171 g/mol. The van der Waals surface area contributed by atoms with Gasteiger partial charge in [0.2, 0.25) is 5.91 Å². The summed E-state index contributed by atoms with van der Waals surface area (Å²) < 4.78 is 0. The summed E-state index contributed by atoms with van der Waals surface area (Å²) in [4.78, 5) is 23.0. The van der Waals surface area contributed by atoms with E-state index in [2.05, 4.69) is 0 Å². The molecule has 1 amide bonds. The predicted octanol–water partition coefficient (Wildman–Crippen LogP) is 0.330. The Morgan fingerprint density at radius 1 is 1.75 bits per heavy atom. The second-order valence-electron chi connectivity index (χ2n) is 3.03. The van der Waals surface area contributed by atoms with Gasteiger partial charge >= 0.3 is 5.97 Å². The number of amides is 1. The summed E-state index contributed by atoms with van der Waals surface area (Å²) in [6.07, 6.45) is 1.99. The van der Waals surface area contributed by atoms with E-state index < -0.39 is 11.9 Å². The van der Waals surface area contributed by atoms with Crippen LogP contribution in [0.1, 0.15) is 19.8 Å². The van der Waals surface area contributed by atoms with Gasteiger partial charge in [-0.3, -0.25) is 9.59 Å². The molecule has 0 aromatic rings. The number of β-lactam (4-membered cyclic amide) rings is 1. The van der Waals surface area contributed by atoms with Crippen LogP contribution in [0.3, 0.4) is 0 Å². The molecule has 68 valence electrons. The lowest BCUT2D eigenvalue weighted by Gasteiger charge is -2.35. The highest BCUT2D eigenvalue weighted by Crippen LogP contribution is 2.17. The van der Waals surface area contributed by atoms with Crippen molar-refractivity contribution in [1.82, 2.24) is 4.90 Å². The van der Waals surface area contributed by atoms with Gasteiger partial charge < -0.3 is 10.0 Å². The van der Waals surface area contributed by atoms with Crippen molar-refractivity contribution in [3.63, 3.8) is 0 Å². The zero-order chi connectivity index (χ0) is 9.14. The normalized spacial score (nSPS) is 22.2. The molecular weight excluding hydrogens is 158 g/mol. The zero-order valence-electron chi connectivity index (χ0n) is 7.12. The largest absolute Gasteiger partial charge is 0.481 e. The molecule has 4 nitrogen and oxygen atoms in total. The van der Waals surface area contributed by atoms with Gasteiger partial charge in [-0.1, -0.05) is 13.3 Å². The van der Waals surface area contributed by atoms with Crippen molar-refractivity contribution in [1.29, 1.82) is 0 Å². The van der Waals surface area contributed by atoms with E-state index >= 15 is 0 Å². The summed E-state index contributed by atoms with van der Waals surface area (Å²) in [5.74, 6) is -1.98. The Morgan fingerprint density at radius 2 is 2.42 bits per heavy atom. The maximum Gasteiger partial charge on any atom is 0.317 e. The van der Waals surface area contributed by atoms with Gasteiger partial charge in [0.25, 0.3) is 0 Å². The van der Waals surface area contributed by atoms with Crippen LogP contribution in [0.2, 0.25) is 0 Å². The van der Waals surface area contributed by atoms with E-state index in [9.17, 15) is 9.59 Å². The molecule has 0 aromatic carbocycles. The summed E-state index contributed by atoms with van der Waals surface area (Å²) in [5.41, 5.74) is 0. The maximum atomic E-state index is 11.1. The number of carboxylic acids is 1. The number of aliphatic carboxylic acids is 1. The van der Waals surface area contributed by atoms with E-state index in [0.717, 1.165) is 12.8 Å². The smallest absolute Gasteiger partial charge is 0.317 e. The lowest BCUT2D eigenvalue weighted by molar-refractivity contribution is -0.162. The fourth-order valence-corrected chi connectivity index (χ4v) is 1.23. The van der Waals surface area contributed by atoms with Crippen molar-refractivity contribution in [3.05, 3.63) is 0 Å². The highest BCUT2D eigenvalue weighted by Gasteiger charge is 2.41. The van der Waals surface area contributed by atoms with Crippen LogP contribution in [0.25, 0.3) is 0 Å². The van der Waals surface area contributed by atoms with E-state index in [0.29, 0.717) is 13.1 Å². The first-order chi connectivity index (χ1) is 5.66. The number of unbranched alkanes of at least 4 members (excludes halogenated alkanes) is 1. The van der Waals surface area contributed by atoms with Crippen molar-refractivity contribution < 1.29 is 14.7 Å². The lowest BCUT2D eigenvalue weighted by Crippen LogP contribution is -2.55. The Kier molecular flexibility index (Phi) is 2.68. The van der Waals surface area contributed by atoms with Gasteiger partial charge in [0.15, 0.2) is 5.92 Å². The number of nitrogens with zero attached hydrogens (tertiary/aromatic N) is 1. The highest BCUT2D eigenvalue weighted by atomic mass is 16.4. The molecule has 1 aliphatic heterocycles. The average Bonchev–Trinajstić information content (AvgIpc) is 2.01. The molecule has 1 unspecified atom stereocenters.